The smallest absolute Gasteiger partial charge is 0.410 e. The van der Waals surface area contributed by atoms with Crippen LogP contribution in [0.4, 0.5) is 4.79 Å². The van der Waals surface area contributed by atoms with Crippen LogP contribution in [0.2, 0.25) is 0 Å². The molecule has 3 aromatic carbocycles. The summed E-state index contributed by atoms with van der Waals surface area (Å²) in [6.07, 6.45) is 1.72. The average Bonchev–Trinajstić information content (AvgIpc) is 3.15. The van der Waals surface area contributed by atoms with E-state index in [1.807, 2.05) is 54.6 Å². The highest BCUT2D eigenvalue weighted by Gasteiger charge is 2.35. The topological polar surface area (TPSA) is 88.6 Å². The van der Waals surface area contributed by atoms with Crippen molar-refractivity contribution in [2.24, 2.45) is 0 Å². The van der Waals surface area contributed by atoms with E-state index in [4.69, 9.17) is 4.74 Å². The zero-order valence-electron chi connectivity index (χ0n) is 19.4. The van der Waals surface area contributed by atoms with Gasteiger partial charge in [-0.25, -0.2) is 4.79 Å². The minimum absolute atomic E-state index is 0.104. The molecule has 0 fully saturated rings. The van der Waals surface area contributed by atoms with Crippen molar-refractivity contribution in [1.29, 1.82) is 0 Å². The second-order valence-electron chi connectivity index (χ2n) is 8.28. The number of hydrogen-bond acceptors (Lipinski definition) is 5. The maximum atomic E-state index is 12.9. The fraction of sp³-hybridized carbons (Fsp3) is 0.103. The Morgan fingerprint density at radius 3 is 2.06 bits per heavy atom. The molecule has 1 aliphatic rings. The lowest BCUT2D eigenvalue weighted by molar-refractivity contribution is 0.0642. The third-order valence-corrected chi connectivity index (χ3v) is 5.98. The van der Waals surface area contributed by atoms with Gasteiger partial charge in [-0.05, 0) is 41.5 Å². The quantitative estimate of drug-likeness (QED) is 0.384. The van der Waals surface area contributed by atoms with Crippen LogP contribution in [0.1, 0.15) is 32.0 Å². The molecule has 5 rings (SSSR count). The van der Waals surface area contributed by atoms with Gasteiger partial charge in [-0.3, -0.25) is 19.5 Å². The number of aromatic nitrogens is 1. The lowest BCUT2D eigenvalue weighted by Crippen LogP contribution is -2.29. The minimum Gasteiger partial charge on any atom is -0.410 e. The van der Waals surface area contributed by atoms with Gasteiger partial charge in [-0.1, -0.05) is 60.7 Å². The predicted molar refractivity (Wildman–Crippen MR) is 134 cm³/mol. The highest BCUT2D eigenvalue weighted by Crippen LogP contribution is 2.34. The average molecular weight is 478 g/mol. The third-order valence-electron chi connectivity index (χ3n) is 5.98. The van der Waals surface area contributed by atoms with Crippen molar-refractivity contribution in [2.45, 2.75) is 13.0 Å². The Balaban J connectivity index is 1.33. The van der Waals surface area contributed by atoms with Gasteiger partial charge in [-0.2, -0.15) is 0 Å². The van der Waals surface area contributed by atoms with Crippen LogP contribution in [0.15, 0.2) is 97.2 Å². The zero-order chi connectivity index (χ0) is 24.9. The van der Waals surface area contributed by atoms with Crippen LogP contribution in [0.5, 0.6) is 5.75 Å². The Hall–Kier alpha value is -4.78. The van der Waals surface area contributed by atoms with E-state index in [1.54, 1.807) is 42.6 Å². The molecular weight excluding hydrogens is 454 g/mol. The first-order valence-corrected chi connectivity index (χ1v) is 11.6. The summed E-state index contributed by atoms with van der Waals surface area (Å²) in [5.74, 6) is -0.257. The second kappa shape index (κ2) is 10.2. The molecule has 7 nitrogen and oxygen atoms in total. The number of carbonyl (C=O) groups excluding carboxylic acids is 3. The van der Waals surface area contributed by atoms with Crippen LogP contribution in [-0.4, -0.2) is 34.3 Å². The number of para-hydroxylation sites is 1. The summed E-state index contributed by atoms with van der Waals surface area (Å²) < 4.78 is 5.64. The van der Waals surface area contributed by atoms with Crippen molar-refractivity contribution in [1.82, 2.24) is 15.2 Å². The van der Waals surface area contributed by atoms with Gasteiger partial charge >= 0.3 is 6.09 Å². The molecule has 0 spiro atoms. The van der Waals surface area contributed by atoms with E-state index in [0.29, 0.717) is 35.4 Å². The largest absolute Gasteiger partial charge is 0.412 e. The molecule has 0 radical (unpaired) electrons. The van der Waals surface area contributed by atoms with Gasteiger partial charge in [0.1, 0.15) is 5.75 Å². The lowest BCUT2D eigenvalue weighted by atomic mass is 9.98. The SMILES string of the molecule is O=C(NCCc1ccccn1)Oc1ccccc1-c1ccccc1CN1C(=O)c2ccccc2C1=O. The van der Waals surface area contributed by atoms with E-state index in [-0.39, 0.29) is 18.4 Å². The van der Waals surface area contributed by atoms with Crippen molar-refractivity contribution in [3.63, 3.8) is 0 Å². The molecule has 3 amide bonds. The van der Waals surface area contributed by atoms with E-state index in [0.717, 1.165) is 16.8 Å². The summed E-state index contributed by atoms with van der Waals surface area (Å²) in [4.78, 5) is 43.8. The van der Waals surface area contributed by atoms with Gasteiger partial charge < -0.3 is 10.1 Å². The first kappa shape index (κ1) is 23.0. The molecule has 0 saturated heterocycles. The number of amides is 3. The molecule has 2 heterocycles. The molecule has 0 aliphatic carbocycles. The number of carbonyl (C=O) groups is 3. The Morgan fingerprint density at radius 1 is 0.750 bits per heavy atom. The van der Waals surface area contributed by atoms with Gasteiger partial charge in [0.05, 0.1) is 17.7 Å². The molecule has 0 saturated carbocycles. The molecule has 1 aromatic heterocycles. The second-order valence-corrected chi connectivity index (χ2v) is 8.28. The van der Waals surface area contributed by atoms with Gasteiger partial charge in [0.15, 0.2) is 0 Å². The fourth-order valence-electron chi connectivity index (χ4n) is 4.23. The van der Waals surface area contributed by atoms with Gasteiger partial charge in [0, 0.05) is 30.4 Å². The molecular formula is C29H23N3O4. The molecule has 7 heteroatoms. The molecule has 178 valence electrons. The van der Waals surface area contributed by atoms with E-state index in [9.17, 15) is 14.4 Å². The molecule has 36 heavy (non-hydrogen) atoms. The van der Waals surface area contributed by atoms with E-state index < -0.39 is 6.09 Å². The number of nitrogens with one attached hydrogen (secondary N) is 1. The monoisotopic (exact) mass is 477 g/mol. The number of rotatable bonds is 7. The summed E-state index contributed by atoms with van der Waals surface area (Å²) in [5.41, 5.74) is 3.91. The fourth-order valence-corrected chi connectivity index (χ4v) is 4.23. The van der Waals surface area contributed by atoms with Crippen LogP contribution < -0.4 is 10.1 Å². The van der Waals surface area contributed by atoms with Crippen molar-refractivity contribution in [2.75, 3.05) is 6.54 Å². The summed E-state index contributed by atoms with van der Waals surface area (Å²) in [6.45, 7) is 0.488. The molecule has 0 bridgehead atoms. The van der Waals surface area contributed by atoms with Gasteiger partial charge in [-0.15, -0.1) is 0 Å². The number of nitrogens with zero attached hydrogens (tertiary/aromatic N) is 2. The van der Waals surface area contributed by atoms with Crippen molar-refractivity contribution < 1.29 is 19.1 Å². The highest BCUT2D eigenvalue weighted by atomic mass is 16.6. The Morgan fingerprint density at radius 2 is 1.36 bits per heavy atom. The third kappa shape index (κ3) is 4.72. The van der Waals surface area contributed by atoms with Crippen LogP contribution in [0, 0.1) is 0 Å². The first-order chi connectivity index (χ1) is 17.6. The van der Waals surface area contributed by atoms with Gasteiger partial charge in [0.2, 0.25) is 0 Å². The molecule has 4 aromatic rings. The van der Waals surface area contributed by atoms with Crippen LogP contribution in [0.25, 0.3) is 11.1 Å². The minimum atomic E-state index is -0.573. The Bertz CT molecular complexity index is 1400. The van der Waals surface area contributed by atoms with Crippen LogP contribution >= 0.6 is 0 Å². The molecule has 1 N–H and O–H groups in total. The lowest BCUT2D eigenvalue weighted by Gasteiger charge is -2.18. The number of fused-ring (bicyclic) bond motifs is 1. The maximum Gasteiger partial charge on any atom is 0.412 e. The summed E-state index contributed by atoms with van der Waals surface area (Å²) in [7, 11) is 0. The number of ether oxygens (including phenoxy) is 1. The Kier molecular flexibility index (Phi) is 6.53. The number of hydrogen-bond donors (Lipinski definition) is 1. The van der Waals surface area contributed by atoms with E-state index >= 15 is 0 Å². The van der Waals surface area contributed by atoms with Gasteiger partial charge in [0.25, 0.3) is 11.8 Å². The first-order valence-electron chi connectivity index (χ1n) is 11.6. The van der Waals surface area contributed by atoms with Crippen LogP contribution in [-0.2, 0) is 13.0 Å². The van der Waals surface area contributed by atoms with E-state index in [1.165, 1.54) is 4.90 Å². The summed E-state index contributed by atoms with van der Waals surface area (Å²) in [6, 6.07) is 27.1. The zero-order valence-corrected chi connectivity index (χ0v) is 19.4. The molecule has 0 atom stereocenters. The van der Waals surface area contributed by atoms with Crippen molar-refractivity contribution in [3.8, 4) is 16.9 Å². The number of benzene rings is 3. The van der Waals surface area contributed by atoms with Crippen LogP contribution in [0.3, 0.4) is 0 Å². The summed E-state index contributed by atoms with van der Waals surface area (Å²) >= 11 is 0. The number of imide groups is 1. The normalized spacial score (nSPS) is 12.4. The molecule has 0 unspecified atom stereocenters. The summed E-state index contributed by atoms with van der Waals surface area (Å²) in [5, 5.41) is 2.75. The standard InChI is InChI=1S/C29H23N3O4/c33-27-24-13-3-4-14-25(24)28(34)32(27)19-20-9-1-2-11-22(20)23-12-5-6-15-26(23)36-29(35)31-18-16-21-10-7-8-17-30-21/h1-15,17H,16,18-19H2,(H,31,35). The predicted octanol–water partition coefficient (Wildman–Crippen LogP) is 4.88. The number of pyridine rings is 1. The van der Waals surface area contributed by atoms with Crippen molar-refractivity contribution in [3.05, 3.63) is 120 Å². The van der Waals surface area contributed by atoms with Crippen molar-refractivity contribution >= 4 is 17.9 Å². The Labute approximate surface area is 208 Å². The highest BCUT2D eigenvalue weighted by molar-refractivity contribution is 6.21. The molecule has 1 aliphatic heterocycles. The van der Waals surface area contributed by atoms with E-state index in [2.05, 4.69) is 10.3 Å². The maximum absolute atomic E-state index is 12.9.